The molecule has 1 fully saturated rings. The first-order valence-electron chi connectivity index (χ1n) is 7.05. The Morgan fingerprint density at radius 3 is 2.75 bits per heavy atom. The molecule has 1 saturated heterocycles. The van der Waals surface area contributed by atoms with E-state index in [2.05, 4.69) is 25.9 Å². The third-order valence-corrected chi connectivity index (χ3v) is 5.42. The first-order valence-corrected chi connectivity index (χ1v) is 8.59. The largest absolute Gasteiger partial charge is 0.465 e. The Balaban J connectivity index is 2.11. The second kappa shape index (κ2) is 6.50. The van der Waals surface area contributed by atoms with Crippen molar-refractivity contribution in [2.75, 3.05) is 24.5 Å². The highest BCUT2D eigenvalue weighted by Crippen LogP contribution is 2.36. The maximum atomic E-state index is 14.5. The van der Waals surface area contributed by atoms with Gasteiger partial charge in [0.05, 0.1) is 9.50 Å². The Hall–Kier alpha value is -1.38. The Morgan fingerprint density at radius 1 is 1.42 bits per heavy atom. The van der Waals surface area contributed by atoms with Gasteiger partial charge in [0.15, 0.2) is 5.82 Å². The van der Waals surface area contributed by atoms with Crippen LogP contribution in [0.25, 0.3) is 10.9 Å². The Labute approximate surface area is 155 Å². The molecule has 0 radical (unpaired) electrons. The van der Waals surface area contributed by atoms with Crippen molar-refractivity contribution in [3.63, 3.8) is 0 Å². The second-order valence-electron chi connectivity index (χ2n) is 5.47. The number of halogens is 4. The molecule has 0 aliphatic carbocycles. The van der Waals surface area contributed by atoms with Crippen molar-refractivity contribution in [1.29, 1.82) is 0 Å². The van der Waals surface area contributed by atoms with Gasteiger partial charge in [-0.05, 0) is 40.5 Å². The van der Waals surface area contributed by atoms with Gasteiger partial charge >= 0.3 is 6.09 Å². The second-order valence-corrected chi connectivity index (χ2v) is 7.01. The molecule has 1 aliphatic heterocycles. The van der Waals surface area contributed by atoms with Crippen molar-refractivity contribution in [2.24, 2.45) is 0 Å². The number of carbonyl (C=O) groups is 1. The molecule has 2 aromatic rings. The number of carboxylic acid groups (broad SMARTS) is 1. The van der Waals surface area contributed by atoms with Crippen LogP contribution in [0.1, 0.15) is 6.92 Å². The molecule has 3 rings (SSSR count). The zero-order valence-electron chi connectivity index (χ0n) is 12.4. The SMILES string of the molecule is CC1CN(C(=O)O)CCN1c1nc(Cl)nc2c(F)c(Br)c(Cl)cc12. The van der Waals surface area contributed by atoms with Crippen LogP contribution in [0.15, 0.2) is 10.5 Å². The third kappa shape index (κ3) is 2.98. The topological polar surface area (TPSA) is 69.6 Å². The Kier molecular flexibility index (Phi) is 4.72. The number of aromatic nitrogens is 2. The molecule has 2 heterocycles. The van der Waals surface area contributed by atoms with Gasteiger partial charge in [-0.2, -0.15) is 4.98 Å². The number of anilines is 1. The van der Waals surface area contributed by atoms with Crippen LogP contribution in [-0.4, -0.2) is 51.7 Å². The van der Waals surface area contributed by atoms with Gasteiger partial charge in [-0.25, -0.2) is 14.2 Å². The monoisotopic (exact) mass is 436 g/mol. The van der Waals surface area contributed by atoms with Crippen LogP contribution in [0.2, 0.25) is 10.3 Å². The van der Waals surface area contributed by atoms with E-state index in [9.17, 15) is 9.18 Å². The highest BCUT2D eigenvalue weighted by Gasteiger charge is 2.29. The van der Waals surface area contributed by atoms with Crippen molar-refractivity contribution in [3.05, 3.63) is 26.7 Å². The fraction of sp³-hybridized carbons (Fsp3) is 0.357. The van der Waals surface area contributed by atoms with Crippen molar-refractivity contribution < 1.29 is 14.3 Å². The smallest absolute Gasteiger partial charge is 0.407 e. The highest BCUT2D eigenvalue weighted by atomic mass is 79.9. The summed E-state index contributed by atoms with van der Waals surface area (Å²) in [6, 6.07) is 1.42. The van der Waals surface area contributed by atoms with Gasteiger partial charge < -0.3 is 14.9 Å². The van der Waals surface area contributed by atoms with Crippen LogP contribution in [0.3, 0.4) is 0 Å². The Bertz CT molecular complexity index is 838. The Morgan fingerprint density at radius 2 is 2.12 bits per heavy atom. The first kappa shape index (κ1) is 17.4. The average Bonchev–Trinajstić information content (AvgIpc) is 2.53. The number of hydrogen-bond donors (Lipinski definition) is 1. The van der Waals surface area contributed by atoms with Gasteiger partial charge in [-0.1, -0.05) is 11.6 Å². The molecule has 24 heavy (non-hydrogen) atoms. The molecule has 10 heteroatoms. The van der Waals surface area contributed by atoms with Crippen molar-refractivity contribution in [2.45, 2.75) is 13.0 Å². The normalized spacial score (nSPS) is 18.3. The predicted molar refractivity (Wildman–Crippen MR) is 93.6 cm³/mol. The van der Waals surface area contributed by atoms with Gasteiger partial charge in [0.2, 0.25) is 5.28 Å². The lowest BCUT2D eigenvalue weighted by atomic mass is 10.1. The van der Waals surface area contributed by atoms with E-state index >= 15 is 0 Å². The molecular weight excluding hydrogens is 426 g/mol. The van der Waals surface area contributed by atoms with Crippen LogP contribution in [0.4, 0.5) is 15.0 Å². The van der Waals surface area contributed by atoms with E-state index in [-0.39, 0.29) is 26.3 Å². The van der Waals surface area contributed by atoms with E-state index in [1.165, 1.54) is 4.90 Å². The van der Waals surface area contributed by atoms with E-state index < -0.39 is 11.9 Å². The summed E-state index contributed by atoms with van der Waals surface area (Å²) < 4.78 is 14.6. The lowest BCUT2D eigenvalue weighted by molar-refractivity contribution is 0.136. The summed E-state index contributed by atoms with van der Waals surface area (Å²) in [4.78, 5) is 22.5. The fourth-order valence-electron chi connectivity index (χ4n) is 2.80. The number of amides is 1. The number of hydrogen-bond acceptors (Lipinski definition) is 4. The van der Waals surface area contributed by atoms with Gasteiger partial charge in [0, 0.05) is 31.1 Å². The minimum absolute atomic E-state index is 0.0640. The van der Waals surface area contributed by atoms with Crippen LogP contribution in [-0.2, 0) is 0 Å². The molecule has 0 saturated carbocycles. The number of piperazine rings is 1. The standard InChI is InChI=1S/C14H12BrCl2FN4O2/c1-6-5-21(14(23)24)2-3-22(6)12-7-4-8(16)9(15)10(18)11(7)19-13(17)20-12/h4,6H,2-3,5H2,1H3,(H,23,24). The highest BCUT2D eigenvalue weighted by molar-refractivity contribution is 9.10. The molecule has 1 atom stereocenters. The molecule has 0 spiro atoms. The average molecular weight is 438 g/mol. The zero-order valence-corrected chi connectivity index (χ0v) is 15.5. The van der Waals surface area contributed by atoms with E-state index in [4.69, 9.17) is 28.3 Å². The number of benzene rings is 1. The maximum absolute atomic E-state index is 14.5. The molecule has 1 aromatic heterocycles. The number of rotatable bonds is 1. The molecule has 128 valence electrons. The van der Waals surface area contributed by atoms with Crippen molar-refractivity contribution in [3.8, 4) is 0 Å². The minimum Gasteiger partial charge on any atom is -0.465 e. The van der Waals surface area contributed by atoms with Crippen LogP contribution >= 0.6 is 39.1 Å². The van der Waals surface area contributed by atoms with Crippen LogP contribution < -0.4 is 4.90 Å². The molecule has 1 N–H and O–H groups in total. The maximum Gasteiger partial charge on any atom is 0.407 e. The number of fused-ring (bicyclic) bond motifs is 1. The fourth-order valence-corrected chi connectivity index (χ4v) is 3.45. The molecule has 1 unspecified atom stereocenters. The molecule has 1 amide bonds. The predicted octanol–water partition coefficient (Wildman–Crippen LogP) is 4.03. The van der Waals surface area contributed by atoms with Crippen molar-refractivity contribution >= 4 is 61.9 Å². The zero-order chi connectivity index (χ0) is 17.6. The van der Waals surface area contributed by atoms with E-state index in [1.807, 2.05) is 11.8 Å². The molecule has 1 aliphatic rings. The van der Waals surface area contributed by atoms with Gasteiger partial charge in [-0.3, -0.25) is 0 Å². The first-order chi connectivity index (χ1) is 11.3. The molecule has 0 bridgehead atoms. The lowest BCUT2D eigenvalue weighted by Gasteiger charge is -2.39. The summed E-state index contributed by atoms with van der Waals surface area (Å²) in [6.07, 6.45) is -0.968. The molecular formula is C14H12BrCl2FN4O2. The molecule has 1 aromatic carbocycles. The molecule has 6 nitrogen and oxygen atoms in total. The minimum atomic E-state index is -0.968. The summed E-state index contributed by atoms with van der Waals surface area (Å²) in [7, 11) is 0. The number of nitrogens with zero attached hydrogens (tertiary/aromatic N) is 4. The van der Waals surface area contributed by atoms with E-state index in [0.717, 1.165) is 0 Å². The summed E-state index contributed by atoms with van der Waals surface area (Å²) in [5.74, 6) is -0.171. The summed E-state index contributed by atoms with van der Waals surface area (Å²) >= 11 is 15.1. The van der Waals surface area contributed by atoms with Crippen molar-refractivity contribution in [1.82, 2.24) is 14.9 Å². The summed E-state index contributed by atoms with van der Waals surface area (Å²) in [5, 5.41) is 9.67. The van der Waals surface area contributed by atoms with Crippen LogP contribution in [0, 0.1) is 5.82 Å². The quantitative estimate of drug-likeness (QED) is 0.538. The van der Waals surface area contributed by atoms with Gasteiger partial charge in [0.25, 0.3) is 0 Å². The van der Waals surface area contributed by atoms with E-state index in [0.29, 0.717) is 30.8 Å². The lowest BCUT2D eigenvalue weighted by Crippen LogP contribution is -2.53. The van der Waals surface area contributed by atoms with Gasteiger partial charge in [-0.15, -0.1) is 0 Å². The summed E-state index contributed by atoms with van der Waals surface area (Å²) in [5.41, 5.74) is 0.0640. The third-order valence-electron chi connectivity index (χ3n) is 3.95. The van der Waals surface area contributed by atoms with Gasteiger partial charge in [0.1, 0.15) is 11.3 Å². The van der Waals surface area contributed by atoms with Crippen LogP contribution in [0.5, 0.6) is 0 Å². The summed E-state index contributed by atoms with van der Waals surface area (Å²) in [6.45, 7) is 2.90. The van der Waals surface area contributed by atoms with E-state index in [1.54, 1.807) is 6.07 Å².